The molecule has 1 fully saturated rings. The van der Waals surface area contributed by atoms with Gasteiger partial charge in [0, 0.05) is 26.2 Å². The van der Waals surface area contributed by atoms with E-state index in [1.807, 2.05) is 33.1 Å². The van der Waals surface area contributed by atoms with Gasteiger partial charge in [0.15, 0.2) is 5.16 Å². The van der Waals surface area contributed by atoms with Crippen LogP contribution >= 0.6 is 11.8 Å². The second-order valence-electron chi connectivity index (χ2n) is 7.09. The van der Waals surface area contributed by atoms with Gasteiger partial charge in [0.1, 0.15) is 11.4 Å². The fourth-order valence-corrected chi connectivity index (χ4v) is 3.08. The second-order valence-corrected chi connectivity index (χ2v) is 7.86. The minimum atomic E-state index is -0.493. The number of nitrogens with zero attached hydrogens (tertiary/aromatic N) is 4. The lowest BCUT2D eigenvalue weighted by molar-refractivity contribution is 0.0209. The van der Waals surface area contributed by atoms with E-state index in [2.05, 4.69) is 14.9 Å². The molecular formula is C17H28N4O3S. The molecule has 0 radical (unpaired) electrons. The predicted octanol–water partition coefficient (Wildman–Crippen LogP) is 3.04. The topological polar surface area (TPSA) is 67.8 Å². The number of rotatable bonds is 4. The van der Waals surface area contributed by atoms with Crippen LogP contribution in [0.2, 0.25) is 0 Å². The molecule has 0 aliphatic carbocycles. The van der Waals surface area contributed by atoms with Crippen molar-refractivity contribution >= 4 is 23.7 Å². The fourth-order valence-electron chi connectivity index (χ4n) is 2.71. The molecule has 1 aromatic heterocycles. The molecule has 1 aliphatic rings. The molecule has 1 aliphatic heterocycles. The highest BCUT2D eigenvalue weighted by Gasteiger charge is 2.30. The highest BCUT2D eigenvalue weighted by atomic mass is 32.2. The second kappa shape index (κ2) is 8.12. The molecule has 140 valence electrons. The van der Waals surface area contributed by atoms with E-state index < -0.39 is 5.60 Å². The number of carbonyl (C=O) groups is 1. The van der Waals surface area contributed by atoms with Gasteiger partial charge in [0.2, 0.25) is 5.88 Å². The zero-order valence-corrected chi connectivity index (χ0v) is 16.7. The van der Waals surface area contributed by atoms with E-state index in [9.17, 15) is 4.79 Å². The van der Waals surface area contributed by atoms with E-state index in [0.717, 1.165) is 25.2 Å². The third-order valence-corrected chi connectivity index (χ3v) is 4.56. The highest BCUT2D eigenvalue weighted by Crippen LogP contribution is 2.26. The van der Waals surface area contributed by atoms with Crippen LogP contribution in [0, 0.1) is 0 Å². The zero-order valence-electron chi connectivity index (χ0n) is 15.9. The van der Waals surface area contributed by atoms with Crippen molar-refractivity contribution in [1.82, 2.24) is 14.9 Å². The predicted molar refractivity (Wildman–Crippen MR) is 99.6 cm³/mol. The summed E-state index contributed by atoms with van der Waals surface area (Å²) >= 11 is 1.48. The Kier molecular flexibility index (Phi) is 6.37. The van der Waals surface area contributed by atoms with Gasteiger partial charge in [-0.15, -0.1) is 0 Å². The van der Waals surface area contributed by atoms with E-state index in [4.69, 9.17) is 9.47 Å². The summed E-state index contributed by atoms with van der Waals surface area (Å²) in [5, 5.41) is 0.678. The molecule has 1 aromatic rings. The Labute approximate surface area is 154 Å². The number of likely N-dealkylation sites (N-methyl/N-ethyl adjacent to an activating group) is 1. The van der Waals surface area contributed by atoms with Crippen molar-refractivity contribution in [3.8, 4) is 5.88 Å². The van der Waals surface area contributed by atoms with Crippen LogP contribution in [0.1, 0.15) is 33.6 Å². The molecule has 2 heterocycles. The van der Waals surface area contributed by atoms with Crippen LogP contribution < -0.4 is 9.64 Å². The smallest absolute Gasteiger partial charge is 0.410 e. The third kappa shape index (κ3) is 5.39. The first-order chi connectivity index (χ1) is 11.7. The highest BCUT2D eigenvalue weighted by molar-refractivity contribution is 7.98. The molecule has 0 aromatic carbocycles. The number of carbonyl (C=O) groups excluding carboxylic acids is 1. The van der Waals surface area contributed by atoms with E-state index in [1.54, 1.807) is 19.1 Å². The van der Waals surface area contributed by atoms with Gasteiger partial charge in [-0.25, -0.2) is 9.78 Å². The van der Waals surface area contributed by atoms with Crippen LogP contribution in [0.4, 0.5) is 10.6 Å². The zero-order chi connectivity index (χ0) is 18.6. The number of amides is 1. The molecule has 1 amide bonds. The summed E-state index contributed by atoms with van der Waals surface area (Å²) in [6.07, 6.45) is 3.58. The van der Waals surface area contributed by atoms with Gasteiger partial charge in [-0.05, 0) is 39.9 Å². The summed E-state index contributed by atoms with van der Waals surface area (Å²) in [6.45, 7) is 7.24. The Bertz CT molecular complexity index is 584. The molecule has 0 saturated carbocycles. The molecule has 1 atom stereocenters. The maximum Gasteiger partial charge on any atom is 0.410 e. The molecule has 1 saturated heterocycles. The van der Waals surface area contributed by atoms with Crippen LogP contribution in [0.25, 0.3) is 0 Å². The number of hydrogen-bond donors (Lipinski definition) is 0. The first kappa shape index (κ1) is 19.6. The molecular weight excluding hydrogens is 340 g/mol. The largest absolute Gasteiger partial charge is 0.481 e. The summed E-state index contributed by atoms with van der Waals surface area (Å²) in [5.74, 6) is 1.38. The van der Waals surface area contributed by atoms with E-state index >= 15 is 0 Å². The average molecular weight is 369 g/mol. The standard InChI is InChI=1S/C17H28N4O3S/c1-17(2,3)24-16(22)20(4)12-8-7-9-21(11-12)13-10-14(23-5)19-15(18-13)25-6/h10,12H,7-9,11H2,1-6H3/t12-/m1/s1. The Morgan fingerprint density at radius 2 is 2.12 bits per heavy atom. The summed E-state index contributed by atoms with van der Waals surface area (Å²) in [4.78, 5) is 25.1. The van der Waals surface area contributed by atoms with Gasteiger partial charge in [-0.3, -0.25) is 0 Å². The number of thioether (sulfide) groups is 1. The molecule has 2 rings (SSSR count). The van der Waals surface area contributed by atoms with Gasteiger partial charge in [-0.2, -0.15) is 4.98 Å². The van der Waals surface area contributed by atoms with Crippen molar-refractivity contribution in [3.63, 3.8) is 0 Å². The van der Waals surface area contributed by atoms with Crippen LogP contribution in [-0.2, 0) is 4.74 Å². The lowest BCUT2D eigenvalue weighted by atomic mass is 10.0. The lowest BCUT2D eigenvalue weighted by Crippen LogP contribution is -2.50. The SMILES string of the molecule is COc1cc(N2CCC[C@@H](N(C)C(=O)OC(C)(C)C)C2)nc(SC)n1. The molecule has 7 nitrogen and oxygen atoms in total. The summed E-state index contributed by atoms with van der Waals surface area (Å²) in [6, 6.07) is 1.93. The van der Waals surface area contributed by atoms with Crippen LogP contribution in [-0.4, -0.2) is 66.1 Å². The minimum absolute atomic E-state index is 0.0855. The summed E-state index contributed by atoms with van der Waals surface area (Å²) in [7, 11) is 3.40. The van der Waals surface area contributed by atoms with Gasteiger partial charge in [0.05, 0.1) is 13.2 Å². The molecule has 25 heavy (non-hydrogen) atoms. The van der Waals surface area contributed by atoms with Gasteiger partial charge in [0.25, 0.3) is 0 Å². The first-order valence-electron chi connectivity index (χ1n) is 8.41. The number of piperidine rings is 1. The average Bonchev–Trinajstić information content (AvgIpc) is 2.59. The maximum atomic E-state index is 12.3. The van der Waals surface area contributed by atoms with Crippen molar-refractivity contribution in [1.29, 1.82) is 0 Å². The molecule has 0 N–H and O–H groups in total. The third-order valence-electron chi connectivity index (χ3n) is 4.01. The van der Waals surface area contributed by atoms with E-state index in [0.29, 0.717) is 17.6 Å². The van der Waals surface area contributed by atoms with Gasteiger partial charge < -0.3 is 19.3 Å². The number of anilines is 1. The maximum absolute atomic E-state index is 12.3. The molecule has 0 bridgehead atoms. The Balaban J connectivity index is 2.11. The Morgan fingerprint density at radius 3 is 2.72 bits per heavy atom. The fraction of sp³-hybridized carbons (Fsp3) is 0.706. The number of ether oxygens (including phenoxy) is 2. The monoisotopic (exact) mass is 368 g/mol. The summed E-state index contributed by atoms with van der Waals surface area (Å²) < 4.78 is 10.8. The van der Waals surface area contributed by atoms with E-state index in [-0.39, 0.29) is 12.1 Å². The molecule has 0 unspecified atom stereocenters. The van der Waals surface area contributed by atoms with Crippen LogP contribution in [0.5, 0.6) is 5.88 Å². The lowest BCUT2D eigenvalue weighted by Gasteiger charge is -2.38. The van der Waals surface area contributed by atoms with Gasteiger partial charge >= 0.3 is 6.09 Å². The van der Waals surface area contributed by atoms with Crippen LogP contribution in [0.15, 0.2) is 11.2 Å². The first-order valence-corrected chi connectivity index (χ1v) is 9.64. The van der Waals surface area contributed by atoms with Crippen molar-refractivity contribution < 1.29 is 14.3 Å². The quantitative estimate of drug-likeness (QED) is 0.598. The van der Waals surface area contributed by atoms with Crippen molar-refractivity contribution in [2.45, 2.75) is 50.4 Å². The number of hydrogen-bond acceptors (Lipinski definition) is 7. The van der Waals surface area contributed by atoms with Crippen molar-refractivity contribution in [3.05, 3.63) is 6.07 Å². The number of methoxy groups -OCH3 is 1. The van der Waals surface area contributed by atoms with E-state index in [1.165, 1.54) is 11.8 Å². The Morgan fingerprint density at radius 1 is 1.40 bits per heavy atom. The van der Waals surface area contributed by atoms with Gasteiger partial charge in [-0.1, -0.05) is 11.8 Å². The summed E-state index contributed by atoms with van der Waals surface area (Å²) in [5.41, 5.74) is -0.493. The number of aromatic nitrogens is 2. The minimum Gasteiger partial charge on any atom is -0.481 e. The normalized spacial score (nSPS) is 18.0. The molecule has 0 spiro atoms. The molecule has 8 heteroatoms. The van der Waals surface area contributed by atoms with Crippen LogP contribution in [0.3, 0.4) is 0 Å². The Hall–Kier alpha value is -1.70. The van der Waals surface area contributed by atoms with Crippen molar-refractivity contribution in [2.24, 2.45) is 0 Å². The van der Waals surface area contributed by atoms with Crippen molar-refractivity contribution in [2.75, 3.05) is 38.4 Å².